The van der Waals surface area contributed by atoms with Crippen molar-refractivity contribution in [3.8, 4) is 5.75 Å². The largest absolute Gasteiger partial charge is 0.485 e. The van der Waals surface area contributed by atoms with Crippen molar-refractivity contribution in [2.75, 3.05) is 0 Å². The van der Waals surface area contributed by atoms with Gasteiger partial charge < -0.3 is 14.6 Å². The van der Waals surface area contributed by atoms with Gasteiger partial charge in [0.1, 0.15) is 18.2 Å². The Morgan fingerprint density at radius 1 is 1.37 bits per heavy atom. The molecule has 1 aliphatic carbocycles. The molecule has 1 aliphatic rings. The molecule has 4 nitrogen and oxygen atoms in total. The lowest BCUT2D eigenvalue weighted by atomic mass is 10.2. The normalized spacial score (nSPS) is 14.6. The molecule has 5 heteroatoms. The standard InChI is InChI=1S/C14H15FN2O2/c15-11-5-10(8-16-12-1-2-12)6-14(7-11)18-9-13-3-4-17-19-13/h3-7,12,16H,1-2,8-9H2. The SMILES string of the molecule is Fc1cc(CNC2CC2)cc(OCc2ccno2)c1. The van der Waals surface area contributed by atoms with Gasteiger partial charge in [0, 0.05) is 24.7 Å². The first-order valence-corrected chi connectivity index (χ1v) is 6.35. The van der Waals surface area contributed by atoms with E-state index in [0.717, 1.165) is 5.56 Å². The van der Waals surface area contributed by atoms with Gasteiger partial charge in [0.25, 0.3) is 0 Å². The van der Waals surface area contributed by atoms with E-state index in [2.05, 4.69) is 10.5 Å². The Hall–Kier alpha value is -1.88. The number of ether oxygens (including phenoxy) is 1. The van der Waals surface area contributed by atoms with Crippen molar-refractivity contribution >= 4 is 0 Å². The number of benzene rings is 1. The van der Waals surface area contributed by atoms with E-state index >= 15 is 0 Å². The fourth-order valence-electron chi connectivity index (χ4n) is 1.83. The summed E-state index contributed by atoms with van der Waals surface area (Å²) >= 11 is 0. The zero-order valence-electron chi connectivity index (χ0n) is 10.4. The zero-order chi connectivity index (χ0) is 13.1. The Morgan fingerprint density at radius 2 is 2.26 bits per heavy atom. The molecular formula is C14H15FN2O2. The molecule has 0 atom stereocenters. The molecular weight excluding hydrogens is 247 g/mol. The van der Waals surface area contributed by atoms with Gasteiger partial charge in [-0.2, -0.15) is 0 Å². The molecule has 19 heavy (non-hydrogen) atoms. The molecule has 100 valence electrons. The second kappa shape index (κ2) is 5.40. The van der Waals surface area contributed by atoms with Crippen molar-refractivity contribution < 1.29 is 13.7 Å². The lowest BCUT2D eigenvalue weighted by molar-refractivity contribution is 0.248. The highest BCUT2D eigenvalue weighted by Crippen LogP contribution is 2.21. The van der Waals surface area contributed by atoms with Crippen LogP contribution in [0.4, 0.5) is 4.39 Å². The Labute approximate surface area is 110 Å². The molecule has 0 spiro atoms. The number of hydrogen-bond donors (Lipinski definition) is 1. The molecule has 1 fully saturated rings. The first-order chi connectivity index (χ1) is 9.29. The molecule has 1 N–H and O–H groups in total. The van der Waals surface area contributed by atoms with Crippen LogP contribution in [0.15, 0.2) is 35.0 Å². The third-order valence-electron chi connectivity index (χ3n) is 2.98. The Balaban J connectivity index is 1.62. The van der Waals surface area contributed by atoms with Crippen LogP contribution < -0.4 is 10.1 Å². The van der Waals surface area contributed by atoms with E-state index in [9.17, 15) is 4.39 Å². The van der Waals surface area contributed by atoms with Crippen LogP contribution in [-0.2, 0) is 13.2 Å². The van der Waals surface area contributed by atoms with Gasteiger partial charge >= 0.3 is 0 Å². The van der Waals surface area contributed by atoms with Crippen molar-refractivity contribution in [1.29, 1.82) is 0 Å². The highest BCUT2D eigenvalue weighted by molar-refractivity contribution is 5.29. The minimum absolute atomic E-state index is 0.249. The summed E-state index contributed by atoms with van der Waals surface area (Å²) in [5.74, 6) is 0.827. The van der Waals surface area contributed by atoms with Gasteiger partial charge in [0.15, 0.2) is 5.76 Å². The summed E-state index contributed by atoms with van der Waals surface area (Å²) in [4.78, 5) is 0. The van der Waals surface area contributed by atoms with Gasteiger partial charge in [0.2, 0.25) is 0 Å². The van der Waals surface area contributed by atoms with Crippen LogP contribution in [0.25, 0.3) is 0 Å². The number of aromatic nitrogens is 1. The summed E-state index contributed by atoms with van der Waals surface area (Å²) in [5, 5.41) is 6.93. The maximum absolute atomic E-state index is 13.5. The highest BCUT2D eigenvalue weighted by Gasteiger charge is 2.20. The second-order valence-electron chi connectivity index (χ2n) is 4.72. The quantitative estimate of drug-likeness (QED) is 0.869. The van der Waals surface area contributed by atoms with Gasteiger partial charge in [-0.15, -0.1) is 0 Å². The highest BCUT2D eigenvalue weighted by atomic mass is 19.1. The van der Waals surface area contributed by atoms with Crippen molar-refractivity contribution in [2.24, 2.45) is 0 Å². The second-order valence-corrected chi connectivity index (χ2v) is 4.72. The molecule has 2 aromatic rings. The van der Waals surface area contributed by atoms with Crippen LogP contribution in [0, 0.1) is 5.82 Å². The molecule has 1 saturated carbocycles. The van der Waals surface area contributed by atoms with E-state index in [0.29, 0.717) is 24.1 Å². The summed E-state index contributed by atoms with van der Waals surface area (Å²) in [5.41, 5.74) is 0.888. The van der Waals surface area contributed by atoms with Crippen molar-refractivity contribution in [1.82, 2.24) is 10.5 Å². The molecule has 0 radical (unpaired) electrons. The van der Waals surface area contributed by atoms with E-state index in [1.54, 1.807) is 12.3 Å². The maximum Gasteiger partial charge on any atom is 0.174 e. The predicted octanol–water partition coefficient (Wildman–Crippen LogP) is 2.64. The molecule has 0 amide bonds. The Morgan fingerprint density at radius 3 is 3.00 bits per heavy atom. The zero-order valence-corrected chi connectivity index (χ0v) is 10.4. The third kappa shape index (κ3) is 3.54. The smallest absolute Gasteiger partial charge is 0.174 e. The van der Waals surface area contributed by atoms with E-state index in [-0.39, 0.29) is 12.4 Å². The first kappa shape index (κ1) is 12.2. The number of hydrogen-bond acceptors (Lipinski definition) is 4. The summed E-state index contributed by atoms with van der Waals surface area (Å²) in [6.07, 6.45) is 3.98. The minimum atomic E-state index is -0.289. The minimum Gasteiger partial charge on any atom is -0.485 e. The van der Waals surface area contributed by atoms with E-state index in [1.165, 1.54) is 25.0 Å². The van der Waals surface area contributed by atoms with Crippen LogP contribution >= 0.6 is 0 Å². The van der Waals surface area contributed by atoms with Crippen molar-refractivity contribution in [3.05, 3.63) is 47.6 Å². The van der Waals surface area contributed by atoms with Gasteiger partial charge in [-0.05, 0) is 30.5 Å². The van der Waals surface area contributed by atoms with Crippen LogP contribution in [0.5, 0.6) is 5.75 Å². The van der Waals surface area contributed by atoms with E-state index in [4.69, 9.17) is 9.26 Å². The summed E-state index contributed by atoms with van der Waals surface area (Å²) in [6.45, 7) is 0.917. The lowest BCUT2D eigenvalue weighted by Gasteiger charge is -2.08. The fourth-order valence-corrected chi connectivity index (χ4v) is 1.83. The number of rotatable bonds is 6. The monoisotopic (exact) mass is 262 g/mol. The molecule has 0 bridgehead atoms. The van der Waals surface area contributed by atoms with Gasteiger partial charge in [-0.1, -0.05) is 5.16 Å². The summed E-state index contributed by atoms with van der Waals surface area (Å²) in [6, 6.07) is 7.05. The van der Waals surface area contributed by atoms with E-state index < -0.39 is 0 Å². The van der Waals surface area contributed by atoms with Crippen molar-refractivity contribution in [3.63, 3.8) is 0 Å². The third-order valence-corrected chi connectivity index (χ3v) is 2.98. The van der Waals surface area contributed by atoms with Crippen LogP contribution in [-0.4, -0.2) is 11.2 Å². The molecule has 0 aliphatic heterocycles. The lowest BCUT2D eigenvalue weighted by Crippen LogP contribution is -2.15. The van der Waals surface area contributed by atoms with Gasteiger partial charge in [0.05, 0.1) is 6.20 Å². The van der Waals surface area contributed by atoms with Crippen LogP contribution in [0.2, 0.25) is 0 Å². The molecule has 0 saturated heterocycles. The van der Waals surface area contributed by atoms with E-state index in [1.807, 2.05) is 6.07 Å². The number of nitrogens with zero attached hydrogens (tertiary/aromatic N) is 1. The average Bonchev–Trinajstić information content (AvgIpc) is 3.08. The molecule has 0 unspecified atom stereocenters. The number of halogens is 1. The molecule has 3 rings (SSSR count). The Kier molecular flexibility index (Phi) is 3.46. The van der Waals surface area contributed by atoms with Gasteiger partial charge in [-0.3, -0.25) is 0 Å². The van der Waals surface area contributed by atoms with Crippen LogP contribution in [0.3, 0.4) is 0 Å². The average molecular weight is 262 g/mol. The first-order valence-electron chi connectivity index (χ1n) is 6.35. The topological polar surface area (TPSA) is 47.3 Å². The number of nitrogens with one attached hydrogen (secondary N) is 1. The van der Waals surface area contributed by atoms with Crippen LogP contribution in [0.1, 0.15) is 24.2 Å². The van der Waals surface area contributed by atoms with Gasteiger partial charge in [-0.25, -0.2) is 4.39 Å². The summed E-state index contributed by atoms with van der Waals surface area (Å²) in [7, 11) is 0. The molecule has 1 aromatic heterocycles. The summed E-state index contributed by atoms with van der Waals surface area (Å²) < 4.78 is 23.9. The molecule has 1 aromatic carbocycles. The van der Waals surface area contributed by atoms with Crippen molar-refractivity contribution in [2.45, 2.75) is 32.0 Å². The fraction of sp³-hybridized carbons (Fsp3) is 0.357. The maximum atomic E-state index is 13.5. The Bertz CT molecular complexity index is 538. The predicted molar refractivity (Wildman–Crippen MR) is 67.1 cm³/mol. The molecule has 1 heterocycles.